The van der Waals surface area contributed by atoms with Gasteiger partial charge in [0, 0.05) is 10.4 Å². The maximum Gasteiger partial charge on any atom is 0.229 e. The number of aromatic nitrogens is 2. The molecule has 166 valence electrons. The summed E-state index contributed by atoms with van der Waals surface area (Å²) in [5.41, 5.74) is 3.38. The lowest BCUT2D eigenvalue weighted by Gasteiger charge is -2.09. The van der Waals surface area contributed by atoms with E-state index in [9.17, 15) is 13.5 Å². The van der Waals surface area contributed by atoms with Crippen molar-refractivity contribution in [2.24, 2.45) is 0 Å². The molecule has 0 aliphatic rings. The van der Waals surface area contributed by atoms with Crippen molar-refractivity contribution < 1.29 is 13.5 Å². The number of rotatable bonds is 7. The van der Waals surface area contributed by atoms with Gasteiger partial charge in [0.25, 0.3) is 0 Å². The van der Waals surface area contributed by atoms with Crippen molar-refractivity contribution in [1.29, 1.82) is 0 Å². The van der Waals surface area contributed by atoms with Crippen LogP contribution in [0.4, 0.5) is 5.69 Å². The highest BCUT2D eigenvalue weighted by atomic mass is 35.5. The molecule has 0 amide bonds. The van der Waals surface area contributed by atoms with Crippen LogP contribution < -0.4 is 4.72 Å². The molecule has 0 bridgehead atoms. The topological polar surface area (TPSA) is 84.2 Å². The van der Waals surface area contributed by atoms with Crippen molar-refractivity contribution in [1.82, 2.24) is 9.78 Å². The van der Waals surface area contributed by atoms with Gasteiger partial charge in [-0.2, -0.15) is 5.10 Å². The van der Waals surface area contributed by atoms with Crippen LogP contribution >= 0.6 is 22.9 Å². The fourth-order valence-electron chi connectivity index (χ4n) is 3.36. The lowest BCUT2D eigenvalue weighted by Crippen LogP contribution is -2.10. The largest absolute Gasteiger partial charge is 0.387 e. The lowest BCUT2D eigenvalue weighted by molar-refractivity contribution is 0.168. The Morgan fingerprint density at radius 1 is 1.09 bits per heavy atom. The molecule has 0 spiro atoms. The summed E-state index contributed by atoms with van der Waals surface area (Å²) in [7, 11) is -3.41. The highest BCUT2D eigenvalue weighted by molar-refractivity contribution is 7.92. The summed E-state index contributed by atoms with van der Waals surface area (Å²) in [4.78, 5) is 1.81. The van der Waals surface area contributed by atoms with Gasteiger partial charge in [0.2, 0.25) is 10.0 Å². The summed E-state index contributed by atoms with van der Waals surface area (Å²) in [5.74, 6) is 0. The number of aliphatic hydroxyl groups is 1. The molecule has 2 aromatic carbocycles. The third kappa shape index (κ3) is 4.73. The summed E-state index contributed by atoms with van der Waals surface area (Å²) < 4.78 is 27.9. The lowest BCUT2D eigenvalue weighted by atomic mass is 10.1. The van der Waals surface area contributed by atoms with Gasteiger partial charge >= 0.3 is 0 Å². The van der Waals surface area contributed by atoms with Gasteiger partial charge in [0.1, 0.15) is 0 Å². The van der Waals surface area contributed by atoms with Crippen molar-refractivity contribution in [3.8, 4) is 26.7 Å². The molecule has 4 aromatic rings. The zero-order valence-corrected chi connectivity index (χ0v) is 19.9. The van der Waals surface area contributed by atoms with Gasteiger partial charge in [-0.1, -0.05) is 48.9 Å². The van der Waals surface area contributed by atoms with E-state index in [2.05, 4.69) is 9.82 Å². The molecule has 32 heavy (non-hydrogen) atoms. The number of nitrogens with zero attached hydrogens (tertiary/aromatic N) is 2. The van der Waals surface area contributed by atoms with Gasteiger partial charge in [-0.3, -0.25) is 4.72 Å². The van der Waals surface area contributed by atoms with E-state index in [1.165, 1.54) is 11.3 Å². The van der Waals surface area contributed by atoms with Crippen LogP contribution in [0.5, 0.6) is 0 Å². The molecule has 0 saturated carbocycles. The van der Waals surface area contributed by atoms with Crippen molar-refractivity contribution in [3.05, 3.63) is 77.4 Å². The van der Waals surface area contributed by atoms with Crippen molar-refractivity contribution in [2.75, 3.05) is 11.0 Å². The number of hydrogen-bond acceptors (Lipinski definition) is 5. The Morgan fingerprint density at radius 2 is 1.78 bits per heavy atom. The zero-order chi connectivity index (χ0) is 22.9. The van der Waals surface area contributed by atoms with E-state index in [-0.39, 0.29) is 0 Å². The van der Waals surface area contributed by atoms with Crippen molar-refractivity contribution in [3.63, 3.8) is 0 Å². The molecule has 0 fully saturated rings. The van der Waals surface area contributed by atoms with E-state index in [0.29, 0.717) is 28.5 Å². The SMILES string of the molecule is CCC(O)c1cc(-c2ccc(-c3ccccc3NS(C)(=O)=O)s2)n(-c2ccccc2Cl)n1. The van der Waals surface area contributed by atoms with Gasteiger partial charge in [-0.25, -0.2) is 13.1 Å². The maximum absolute atomic E-state index is 11.8. The molecule has 1 atom stereocenters. The monoisotopic (exact) mass is 487 g/mol. The molecule has 0 aliphatic heterocycles. The Labute approximate surface area is 196 Å². The molecule has 1 unspecified atom stereocenters. The molecule has 0 radical (unpaired) electrons. The third-order valence-electron chi connectivity index (χ3n) is 4.88. The van der Waals surface area contributed by atoms with Crippen molar-refractivity contribution >= 4 is 38.6 Å². The molecule has 0 saturated heterocycles. The van der Waals surface area contributed by atoms with E-state index >= 15 is 0 Å². The number of hydrogen-bond donors (Lipinski definition) is 2. The fraction of sp³-hybridized carbons (Fsp3) is 0.174. The Morgan fingerprint density at radius 3 is 2.50 bits per heavy atom. The van der Waals surface area contributed by atoms with E-state index in [0.717, 1.165) is 27.3 Å². The number of nitrogens with one attached hydrogen (secondary N) is 1. The highest BCUT2D eigenvalue weighted by Crippen LogP contribution is 2.39. The number of anilines is 1. The predicted molar refractivity (Wildman–Crippen MR) is 131 cm³/mol. The second kappa shape index (κ2) is 9.07. The Kier molecular flexibility index (Phi) is 6.39. The van der Waals surface area contributed by atoms with Crippen LogP contribution in [0.1, 0.15) is 25.1 Å². The van der Waals surface area contributed by atoms with Crippen LogP contribution in [0.15, 0.2) is 66.7 Å². The van der Waals surface area contributed by atoms with Gasteiger partial charge < -0.3 is 5.11 Å². The number of thiophene rings is 1. The van der Waals surface area contributed by atoms with Gasteiger partial charge in [-0.05, 0) is 42.8 Å². The minimum atomic E-state index is -3.41. The van der Waals surface area contributed by atoms with E-state index in [1.807, 2.05) is 55.5 Å². The van der Waals surface area contributed by atoms with Crippen LogP contribution in [0, 0.1) is 0 Å². The highest BCUT2D eigenvalue weighted by Gasteiger charge is 2.19. The van der Waals surface area contributed by atoms with E-state index in [4.69, 9.17) is 11.6 Å². The van der Waals surface area contributed by atoms with Crippen LogP contribution in [-0.2, 0) is 10.0 Å². The fourth-order valence-corrected chi connectivity index (χ4v) is 5.20. The average Bonchev–Trinajstić information content (AvgIpc) is 3.40. The number of aliphatic hydroxyl groups excluding tert-OH is 1. The second-order valence-corrected chi connectivity index (χ2v) is 10.6. The number of benzene rings is 2. The predicted octanol–water partition coefficient (Wildman–Crippen LogP) is 5.74. The summed E-state index contributed by atoms with van der Waals surface area (Å²) in [6, 6.07) is 20.5. The molecule has 2 aromatic heterocycles. The number of sulfonamides is 1. The van der Waals surface area contributed by atoms with E-state index < -0.39 is 16.1 Å². The molecular formula is C23H22ClN3O3S2. The standard InChI is InChI=1S/C23H22ClN3O3S2/c1-3-21(28)18-14-20(27(25-18)19-11-7-5-9-16(19)24)23-13-12-22(31-23)15-8-4-6-10-17(15)26-32(2,29)30/h4-14,21,26,28H,3H2,1-2H3. The second-order valence-electron chi connectivity index (χ2n) is 7.33. The summed E-state index contributed by atoms with van der Waals surface area (Å²) >= 11 is 7.95. The summed E-state index contributed by atoms with van der Waals surface area (Å²) in [5, 5.41) is 15.6. The zero-order valence-electron chi connectivity index (χ0n) is 17.5. The molecule has 0 aliphatic carbocycles. The number of halogens is 1. The third-order valence-corrected chi connectivity index (χ3v) is 6.93. The van der Waals surface area contributed by atoms with Gasteiger partial charge in [-0.15, -0.1) is 11.3 Å². The first-order chi connectivity index (χ1) is 15.3. The van der Waals surface area contributed by atoms with Crippen LogP contribution in [0.3, 0.4) is 0 Å². The Bertz CT molecular complexity index is 1360. The minimum absolute atomic E-state index is 0.519. The van der Waals surface area contributed by atoms with Gasteiger partial charge in [0.15, 0.2) is 0 Å². The van der Waals surface area contributed by atoms with Crippen LogP contribution in [0.25, 0.3) is 26.7 Å². The quantitative estimate of drug-likeness (QED) is 0.348. The Hall–Kier alpha value is -2.65. The average molecular weight is 488 g/mol. The minimum Gasteiger partial charge on any atom is -0.387 e. The molecule has 2 N–H and O–H groups in total. The number of para-hydroxylation sites is 2. The first kappa shape index (κ1) is 22.5. The van der Waals surface area contributed by atoms with Crippen LogP contribution in [0.2, 0.25) is 5.02 Å². The molecule has 6 nitrogen and oxygen atoms in total. The Balaban J connectivity index is 1.82. The summed E-state index contributed by atoms with van der Waals surface area (Å²) in [6.07, 6.45) is 0.988. The maximum atomic E-state index is 11.8. The molecular weight excluding hydrogens is 466 g/mol. The van der Waals surface area contributed by atoms with E-state index in [1.54, 1.807) is 22.9 Å². The normalized spacial score (nSPS) is 12.6. The molecule has 2 heterocycles. The molecule has 9 heteroatoms. The summed E-state index contributed by atoms with van der Waals surface area (Å²) in [6.45, 7) is 1.90. The first-order valence-corrected chi connectivity index (χ1v) is 13.1. The van der Waals surface area contributed by atoms with Crippen LogP contribution in [-0.4, -0.2) is 29.6 Å². The van der Waals surface area contributed by atoms with Crippen molar-refractivity contribution in [2.45, 2.75) is 19.4 Å². The smallest absolute Gasteiger partial charge is 0.229 e. The van der Waals surface area contributed by atoms with Gasteiger partial charge in [0.05, 0.1) is 45.0 Å². The first-order valence-electron chi connectivity index (χ1n) is 9.97. The molecule has 4 rings (SSSR count).